The van der Waals surface area contributed by atoms with Gasteiger partial charge in [0.25, 0.3) is 5.91 Å². The molecule has 0 spiro atoms. The van der Waals surface area contributed by atoms with Crippen LogP contribution in [0.5, 0.6) is 0 Å². The zero-order valence-corrected chi connectivity index (χ0v) is 18.5. The van der Waals surface area contributed by atoms with Gasteiger partial charge in [-0.1, -0.05) is 22.0 Å². The number of hydrazone groups is 1. The molecule has 0 atom stereocenters. The molecule has 0 fully saturated rings. The van der Waals surface area contributed by atoms with Gasteiger partial charge < -0.3 is 4.90 Å². The van der Waals surface area contributed by atoms with Crippen molar-refractivity contribution in [3.8, 4) is 0 Å². The summed E-state index contributed by atoms with van der Waals surface area (Å²) < 4.78 is 0.940. The number of halogens is 1. The minimum absolute atomic E-state index is 0.0508. The van der Waals surface area contributed by atoms with Crippen LogP contribution in [-0.4, -0.2) is 65.2 Å². The van der Waals surface area contributed by atoms with Gasteiger partial charge in [-0.25, -0.2) is 5.01 Å². The molecule has 0 N–H and O–H groups in total. The number of hydrogen-bond acceptors (Lipinski definition) is 6. The lowest BCUT2D eigenvalue weighted by molar-refractivity contribution is -0.138. The van der Waals surface area contributed by atoms with Crippen LogP contribution in [0.15, 0.2) is 57.2 Å². The summed E-state index contributed by atoms with van der Waals surface area (Å²) in [6, 6.07) is 11.8. The van der Waals surface area contributed by atoms with E-state index in [9.17, 15) is 4.79 Å². The fourth-order valence-corrected chi connectivity index (χ4v) is 4.08. The van der Waals surface area contributed by atoms with Crippen LogP contribution in [-0.2, 0) is 4.79 Å². The Labute approximate surface area is 178 Å². The van der Waals surface area contributed by atoms with Crippen LogP contribution in [0.1, 0.15) is 25.1 Å². The number of pyridine rings is 1. The number of aromatic nitrogens is 1. The lowest BCUT2D eigenvalue weighted by atomic mass is 9.96. The SMILES string of the molecule is CN(C)CN1N=C2CN=C(c3ccccn3)c3cc(Br)ccc3N2C(C)(C)C1=O. The number of carbonyl (C=O) groups is 1. The summed E-state index contributed by atoms with van der Waals surface area (Å²) in [6.45, 7) is 4.65. The van der Waals surface area contributed by atoms with Crippen molar-refractivity contribution in [3.05, 3.63) is 58.3 Å². The largest absolute Gasteiger partial charge is 0.311 e. The summed E-state index contributed by atoms with van der Waals surface area (Å²) in [5.74, 6) is 0.691. The zero-order chi connectivity index (χ0) is 20.8. The molecule has 0 bridgehead atoms. The average Bonchev–Trinajstić information content (AvgIpc) is 2.83. The van der Waals surface area contributed by atoms with Crippen LogP contribution in [0.2, 0.25) is 0 Å². The average molecular weight is 455 g/mol. The van der Waals surface area contributed by atoms with Crippen molar-refractivity contribution in [1.82, 2.24) is 14.9 Å². The number of benzene rings is 1. The normalized spacial score (nSPS) is 18.1. The minimum Gasteiger partial charge on any atom is -0.311 e. The van der Waals surface area contributed by atoms with Crippen molar-refractivity contribution in [3.63, 3.8) is 0 Å². The van der Waals surface area contributed by atoms with Gasteiger partial charge in [-0.15, -0.1) is 0 Å². The first-order valence-corrected chi connectivity index (χ1v) is 10.2. The molecule has 0 radical (unpaired) electrons. The fraction of sp³-hybridized carbons (Fsp3) is 0.333. The Bertz CT molecular complexity index is 1020. The Hall–Kier alpha value is -2.58. The van der Waals surface area contributed by atoms with E-state index in [2.05, 4.69) is 26.0 Å². The predicted molar refractivity (Wildman–Crippen MR) is 118 cm³/mol. The molecule has 0 saturated heterocycles. The van der Waals surface area contributed by atoms with E-state index in [-0.39, 0.29) is 5.91 Å². The maximum Gasteiger partial charge on any atom is 0.269 e. The van der Waals surface area contributed by atoms with Gasteiger partial charge in [0.15, 0.2) is 5.84 Å². The third-order valence-electron chi connectivity index (χ3n) is 4.97. The molecule has 1 aromatic carbocycles. The van der Waals surface area contributed by atoms with Gasteiger partial charge in [0.1, 0.15) is 5.54 Å². The topological polar surface area (TPSA) is 64.4 Å². The second kappa shape index (κ2) is 7.35. The number of aliphatic imine (C=N–C) groups is 1. The van der Waals surface area contributed by atoms with E-state index < -0.39 is 5.54 Å². The Morgan fingerprint density at radius 1 is 1.21 bits per heavy atom. The molecule has 2 aliphatic rings. The lowest BCUT2D eigenvalue weighted by Crippen LogP contribution is -2.63. The predicted octanol–water partition coefficient (Wildman–Crippen LogP) is 2.95. The van der Waals surface area contributed by atoms with Gasteiger partial charge in [-0.05, 0) is 58.3 Å². The standard InChI is InChI=1S/C21H23BrN6O/c1-21(2)20(29)27(13-26(3)4)25-18-12-24-19(16-7-5-6-10-23-16)15-11-14(22)8-9-17(15)28(18)21/h5-11H,12-13H2,1-4H3. The molecule has 0 unspecified atom stereocenters. The molecular formula is C21H23BrN6O. The van der Waals surface area contributed by atoms with E-state index >= 15 is 0 Å². The Morgan fingerprint density at radius 2 is 2.00 bits per heavy atom. The lowest BCUT2D eigenvalue weighted by Gasteiger charge is -2.45. The molecule has 1 amide bonds. The van der Waals surface area contributed by atoms with Crippen LogP contribution in [0.25, 0.3) is 0 Å². The van der Waals surface area contributed by atoms with Gasteiger partial charge >= 0.3 is 0 Å². The highest BCUT2D eigenvalue weighted by molar-refractivity contribution is 9.10. The van der Waals surface area contributed by atoms with Crippen LogP contribution in [0.4, 0.5) is 5.69 Å². The van der Waals surface area contributed by atoms with Crippen molar-refractivity contribution in [2.24, 2.45) is 10.1 Å². The summed E-state index contributed by atoms with van der Waals surface area (Å²) in [5, 5.41) is 6.21. The molecule has 8 heteroatoms. The molecule has 29 heavy (non-hydrogen) atoms. The Balaban J connectivity index is 1.92. The molecule has 1 aromatic heterocycles. The van der Waals surface area contributed by atoms with E-state index in [4.69, 9.17) is 4.99 Å². The summed E-state index contributed by atoms with van der Waals surface area (Å²) in [4.78, 5) is 26.6. The number of amidine groups is 1. The summed E-state index contributed by atoms with van der Waals surface area (Å²) in [5.41, 5.74) is 2.61. The maximum absolute atomic E-state index is 13.3. The first-order valence-electron chi connectivity index (χ1n) is 9.39. The summed E-state index contributed by atoms with van der Waals surface area (Å²) in [6.07, 6.45) is 1.76. The molecule has 4 rings (SSSR count). The minimum atomic E-state index is -0.801. The van der Waals surface area contributed by atoms with Crippen molar-refractivity contribution < 1.29 is 4.79 Å². The van der Waals surface area contributed by atoms with Gasteiger partial charge in [0.2, 0.25) is 0 Å². The molecule has 150 valence electrons. The van der Waals surface area contributed by atoms with E-state index in [1.54, 1.807) is 6.20 Å². The number of rotatable bonds is 3. The van der Waals surface area contributed by atoms with Crippen molar-refractivity contribution in [2.75, 3.05) is 32.2 Å². The van der Waals surface area contributed by atoms with E-state index in [1.807, 2.05) is 74.1 Å². The molecule has 0 aliphatic carbocycles. The van der Waals surface area contributed by atoms with Crippen LogP contribution >= 0.6 is 15.9 Å². The van der Waals surface area contributed by atoms with Crippen LogP contribution < -0.4 is 4.90 Å². The summed E-state index contributed by atoms with van der Waals surface area (Å²) in [7, 11) is 3.84. The Morgan fingerprint density at radius 3 is 2.69 bits per heavy atom. The molecule has 2 aromatic rings. The van der Waals surface area contributed by atoms with Gasteiger partial charge in [-0.3, -0.25) is 19.7 Å². The van der Waals surface area contributed by atoms with Crippen LogP contribution in [0, 0.1) is 0 Å². The number of carbonyl (C=O) groups excluding carboxylic acids is 1. The quantitative estimate of drug-likeness (QED) is 0.714. The van der Waals surface area contributed by atoms with Gasteiger partial charge in [0, 0.05) is 16.2 Å². The molecule has 7 nitrogen and oxygen atoms in total. The molecule has 3 heterocycles. The van der Waals surface area contributed by atoms with Gasteiger partial charge in [-0.2, -0.15) is 5.10 Å². The zero-order valence-electron chi connectivity index (χ0n) is 16.9. The highest BCUT2D eigenvalue weighted by Gasteiger charge is 2.46. The number of anilines is 1. The third-order valence-corrected chi connectivity index (χ3v) is 5.46. The van der Waals surface area contributed by atoms with Crippen LogP contribution in [0.3, 0.4) is 0 Å². The first kappa shape index (κ1) is 19.7. The van der Waals surface area contributed by atoms with Gasteiger partial charge in [0.05, 0.1) is 30.3 Å². The first-order chi connectivity index (χ1) is 13.8. The Kier molecular flexibility index (Phi) is 5.00. The smallest absolute Gasteiger partial charge is 0.269 e. The fourth-order valence-electron chi connectivity index (χ4n) is 3.72. The highest BCUT2D eigenvalue weighted by atomic mass is 79.9. The van der Waals surface area contributed by atoms with Crippen molar-refractivity contribution in [2.45, 2.75) is 19.4 Å². The highest BCUT2D eigenvalue weighted by Crippen LogP contribution is 2.36. The number of hydrogen-bond donors (Lipinski definition) is 0. The van der Waals surface area contributed by atoms with E-state index in [0.29, 0.717) is 13.2 Å². The van der Waals surface area contributed by atoms with E-state index in [0.717, 1.165) is 33.0 Å². The molecular weight excluding hydrogens is 432 g/mol. The van der Waals surface area contributed by atoms with Crippen molar-refractivity contribution >= 4 is 39.1 Å². The monoisotopic (exact) mass is 454 g/mol. The third kappa shape index (κ3) is 3.47. The molecule has 0 saturated carbocycles. The van der Waals surface area contributed by atoms with Crippen molar-refractivity contribution in [1.29, 1.82) is 0 Å². The van der Waals surface area contributed by atoms with E-state index in [1.165, 1.54) is 5.01 Å². The number of nitrogens with zero attached hydrogens (tertiary/aromatic N) is 6. The second-order valence-corrected chi connectivity index (χ2v) is 8.79. The number of fused-ring (bicyclic) bond motifs is 3. The molecule has 2 aliphatic heterocycles. The number of amides is 1. The maximum atomic E-state index is 13.3. The summed E-state index contributed by atoms with van der Waals surface area (Å²) >= 11 is 3.58. The second-order valence-electron chi connectivity index (χ2n) is 7.88.